The summed E-state index contributed by atoms with van der Waals surface area (Å²) in [6.07, 6.45) is 6.01. The van der Waals surface area contributed by atoms with Gasteiger partial charge in [0.25, 0.3) is 11.7 Å². The molecule has 0 bridgehead atoms. The van der Waals surface area contributed by atoms with Crippen molar-refractivity contribution in [2.45, 2.75) is 38.5 Å². The van der Waals surface area contributed by atoms with Gasteiger partial charge in [-0.25, -0.2) is 0 Å². The Morgan fingerprint density at radius 2 is 0.909 bits per heavy atom. The van der Waals surface area contributed by atoms with Crippen LogP contribution in [0.4, 0.5) is 14.4 Å². The lowest BCUT2D eigenvalue weighted by atomic mass is 9.92. The van der Waals surface area contributed by atoms with Crippen LogP contribution >= 0.6 is 67.8 Å². The Hall–Kier alpha value is 0.600. The van der Waals surface area contributed by atoms with E-state index >= 15 is 0 Å². The molecule has 3 N–H and O–H groups in total. The highest BCUT2D eigenvalue weighted by Gasteiger charge is 2.09. The van der Waals surface area contributed by atoms with E-state index in [2.05, 4.69) is 16.0 Å². The van der Waals surface area contributed by atoms with E-state index in [0.717, 1.165) is 38.5 Å². The third kappa shape index (κ3) is 17.0. The van der Waals surface area contributed by atoms with Crippen molar-refractivity contribution in [3.05, 3.63) is 0 Å². The summed E-state index contributed by atoms with van der Waals surface area (Å²) in [5.74, 6) is 0.559. The van der Waals surface area contributed by atoms with Crippen LogP contribution in [0.25, 0.3) is 0 Å². The van der Waals surface area contributed by atoms with Crippen molar-refractivity contribution in [2.24, 2.45) is 5.92 Å². The van der Waals surface area contributed by atoms with Crippen LogP contribution in [0.3, 0.4) is 0 Å². The second kappa shape index (κ2) is 15.1. The first-order chi connectivity index (χ1) is 10.4. The van der Waals surface area contributed by atoms with Crippen LogP contribution in [0.5, 0.6) is 0 Å². The van der Waals surface area contributed by atoms with Crippen molar-refractivity contribution < 1.29 is 14.4 Å². The van der Waals surface area contributed by atoms with E-state index in [0.29, 0.717) is 25.6 Å². The number of amides is 3. The molecular formula is C13H22I3N3O3. The fraction of sp³-hybridized carbons (Fsp3) is 0.769. The van der Waals surface area contributed by atoms with Gasteiger partial charge in [0, 0.05) is 87.4 Å². The molecule has 0 saturated carbocycles. The lowest BCUT2D eigenvalue weighted by molar-refractivity contribution is 0.262. The maximum atomic E-state index is 10.8. The fourth-order valence-electron chi connectivity index (χ4n) is 2.17. The minimum Gasteiger partial charge on any atom is -0.348 e. The number of hydrogen-bond acceptors (Lipinski definition) is 3. The molecule has 6 nitrogen and oxygen atoms in total. The molecule has 0 aliphatic rings. The van der Waals surface area contributed by atoms with Gasteiger partial charge in [-0.05, 0) is 44.4 Å². The van der Waals surface area contributed by atoms with Crippen molar-refractivity contribution in [2.75, 3.05) is 19.6 Å². The second-order valence-corrected chi connectivity index (χ2v) is 7.83. The first kappa shape index (κ1) is 22.6. The first-order valence-corrected chi connectivity index (χ1v) is 10.5. The lowest BCUT2D eigenvalue weighted by Gasteiger charge is -2.17. The topological polar surface area (TPSA) is 87.3 Å². The maximum absolute atomic E-state index is 10.8. The SMILES string of the molecule is O=C(I)NCCCC(CCCNC(=O)I)CCCNC(=O)I. The molecule has 0 unspecified atom stereocenters. The van der Waals surface area contributed by atoms with Gasteiger partial charge in [0.05, 0.1) is 0 Å². The zero-order valence-corrected chi connectivity index (χ0v) is 18.8. The molecule has 128 valence electrons. The average molecular weight is 649 g/mol. The predicted molar refractivity (Wildman–Crippen MR) is 113 cm³/mol. The van der Waals surface area contributed by atoms with Crippen LogP contribution in [0.1, 0.15) is 38.5 Å². The molecule has 0 saturated heterocycles. The summed E-state index contributed by atoms with van der Waals surface area (Å²) < 4.78 is -0.0731. The Labute approximate surface area is 172 Å². The van der Waals surface area contributed by atoms with Gasteiger partial charge in [-0.1, -0.05) is 0 Å². The van der Waals surface area contributed by atoms with E-state index in [1.807, 2.05) is 0 Å². The number of hydrogen-bond donors (Lipinski definition) is 3. The van der Waals surface area contributed by atoms with Crippen molar-refractivity contribution in [1.82, 2.24) is 16.0 Å². The Bertz CT molecular complexity index is 304. The van der Waals surface area contributed by atoms with E-state index < -0.39 is 0 Å². The molecule has 3 amide bonds. The third-order valence-corrected chi connectivity index (χ3v) is 4.30. The molecule has 0 heterocycles. The van der Waals surface area contributed by atoms with Gasteiger partial charge < -0.3 is 16.0 Å². The monoisotopic (exact) mass is 649 g/mol. The Kier molecular flexibility index (Phi) is 15.6. The molecule has 9 heteroatoms. The van der Waals surface area contributed by atoms with E-state index in [-0.39, 0.29) is 11.7 Å². The van der Waals surface area contributed by atoms with Crippen LogP contribution in [-0.2, 0) is 0 Å². The Morgan fingerprint density at radius 1 is 0.636 bits per heavy atom. The number of nitrogens with one attached hydrogen (secondary N) is 3. The molecule has 22 heavy (non-hydrogen) atoms. The average Bonchev–Trinajstić information content (AvgIpc) is 2.42. The smallest absolute Gasteiger partial charge is 0.280 e. The lowest BCUT2D eigenvalue weighted by Crippen LogP contribution is -2.21. The van der Waals surface area contributed by atoms with E-state index in [1.165, 1.54) is 0 Å². The highest BCUT2D eigenvalue weighted by atomic mass is 127. The minimum absolute atomic E-state index is 0.0244. The number of rotatable bonds is 12. The molecular weight excluding hydrogens is 627 g/mol. The fourth-order valence-corrected chi connectivity index (χ4v) is 2.97. The molecule has 0 aromatic rings. The van der Waals surface area contributed by atoms with E-state index in [1.54, 1.807) is 67.8 Å². The first-order valence-electron chi connectivity index (χ1n) is 7.21. The minimum atomic E-state index is -0.0244. The normalized spacial score (nSPS) is 10.4. The van der Waals surface area contributed by atoms with Crippen LogP contribution in [0.15, 0.2) is 0 Å². The molecule has 0 aromatic carbocycles. The van der Waals surface area contributed by atoms with Crippen LogP contribution < -0.4 is 16.0 Å². The van der Waals surface area contributed by atoms with Gasteiger partial charge in [-0.3, -0.25) is 14.4 Å². The predicted octanol–water partition coefficient (Wildman–Crippen LogP) is 4.38. The summed E-state index contributed by atoms with van der Waals surface area (Å²) >= 11 is 5.21. The molecule has 0 aromatic heterocycles. The maximum Gasteiger partial charge on any atom is 0.280 e. The van der Waals surface area contributed by atoms with Gasteiger partial charge in [0.15, 0.2) is 0 Å². The van der Waals surface area contributed by atoms with Crippen molar-refractivity contribution >= 4 is 79.5 Å². The molecule has 0 atom stereocenters. The summed E-state index contributed by atoms with van der Waals surface area (Å²) in [5.41, 5.74) is 0. The highest BCUT2D eigenvalue weighted by molar-refractivity contribution is 14.1. The molecule has 0 rings (SSSR count). The molecule has 0 spiro atoms. The second-order valence-electron chi connectivity index (χ2n) is 4.89. The largest absolute Gasteiger partial charge is 0.348 e. The number of halogens is 3. The summed E-state index contributed by atoms with van der Waals surface area (Å²) in [4.78, 5) is 32.5. The quantitative estimate of drug-likeness (QED) is 0.127. The van der Waals surface area contributed by atoms with Crippen molar-refractivity contribution in [1.29, 1.82) is 0 Å². The van der Waals surface area contributed by atoms with E-state index in [4.69, 9.17) is 0 Å². The van der Waals surface area contributed by atoms with Crippen LogP contribution in [0.2, 0.25) is 0 Å². The number of carbonyl (C=O) groups is 3. The number of carbonyl (C=O) groups excluding carboxylic acids is 3. The molecule has 0 aliphatic carbocycles. The van der Waals surface area contributed by atoms with Gasteiger partial charge >= 0.3 is 0 Å². The highest BCUT2D eigenvalue weighted by Crippen LogP contribution is 2.19. The summed E-state index contributed by atoms with van der Waals surface area (Å²) in [6, 6.07) is 0. The van der Waals surface area contributed by atoms with Gasteiger partial charge in [-0.2, -0.15) is 0 Å². The Morgan fingerprint density at radius 3 is 1.14 bits per heavy atom. The molecule has 0 radical (unpaired) electrons. The van der Waals surface area contributed by atoms with Crippen LogP contribution in [0, 0.1) is 5.92 Å². The standard InChI is InChI=1S/C13H22I3N3O3/c14-11(20)17-7-1-4-10(5-2-8-18-12(15)21)6-3-9-19-13(16)22/h10H,1-9H2,(H,17,20)(H,18,21)(H,19,22). The van der Waals surface area contributed by atoms with E-state index in [9.17, 15) is 14.4 Å². The molecule has 0 aliphatic heterocycles. The zero-order valence-electron chi connectivity index (χ0n) is 12.3. The molecule has 0 fully saturated rings. The summed E-state index contributed by atoms with van der Waals surface area (Å²) in [5, 5.41) is 8.39. The summed E-state index contributed by atoms with van der Waals surface area (Å²) in [7, 11) is 0. The summed E-state index contributed by atoms with van der Waals surface area (Å²) in [6.45, 7) is 2.10. The Balaban J connectivity index is 3.93. The van der Waals surface area contributed by atoms with Crippen molar-refractivity contribution in [3.63, 3.8) is 0 Å². The van der Waals surface area contributed by atoms with Gasteiger partial charge in [0.2, 0.25) is 0 Å². The van der Waals surface area contributed by atoms with Gasteiger partial charge in [-0.15, -0.1) is 0 Å². The van der Waals surface area contributed by atoms with Crippen LogP contribution in [-0.4, -0.2) is 31.4 Å². The third-order valence-electron chi connectivity index (χ3n) is 3.16. The van der Waals surface area contributed by atoms with Crippen molar-refractivity contribution in [3.8, 4) is 0 Å². The zero-order chi connectivity index (χ0) is 16.8. The van der Waals surface area contributed by atoms with Gasteiger partial charge in [0.1, 0.15) is 0 Å².